The highest BCUT2D eigenvalue weighted by Gasteiger charge is 2.28. The van der Waals surface area contributed by atoms with Crippen LogP contribution in [0.3, 0.4) is 0 Å². The van der Waals surface area contributed by atoms with Gasteiger partial charge in [0.05, 0.1) is 6.10 Å². The van der Waals surface area contributed by atoms with Gasteiger partial charge in [-0.25, -0.2) is 0 Å². The van der Waals surface area contributed by atoms with Crippen LogP contribution >= 0.6 is 10.0 Å². The van der Waals surface area contributed by atoms with E-state index in [-0.39, 0.29) is 6.10 Å². The van der Waals surface area contributed by atoms with Gasteiger partial charge < -0.3 is 10.4 Å². The Morgan fingerprint density at radius 1 is 1.00 bits per heavy atom. The lowest BCUT2D eigenvalue weighted by molar-refractivity contribution is 0.164. The molecule has 0 aliphatic carbocycles. The summed E-state index contributed by atoms with van der Waals surface area (Å²) in [4.78, 5) is 2.71. The SMILES string of the molecule is CS(C[C@H](O)C[C@@H]1CCCCN1)(c1ccccc1)c1ccccc1. The molecule has 2 aromatic carbocycles. The Balaban J connectivity index is 1.80. The Hall–Kier alpha value is -1.29. The molecule has 1 heterocycles. The van der Waals surface area contributed by atoms with Gasteiger partial charge in [-0.2, -0.15) is 10.0 Å². The number of aliphatic hydroxyl groups is 1. The third-order valence-corrected chi connectivity index (χ3v) is 8.70. The van der Waals surface area contributed by atoms with Gasteiger partial charge in [0.15, 0.2) is 0 Å². The summed E-state index contributed by atoms with van der Waals surface area (Å²) < 4.78 is 0. The summed E-state index contributed by atoms with van der Waals surface area (Å²) in [5, 5.41) is 14.4. The van der Waals surface area contributed by atoms with E-state index < -0.39 is 10.0 Å². The highest BCUT2D eigenvalue weighted by molar-refractivity contribution is 8.33. The van der Waals surface area contributed by atoms with Crippen LogP contribution in [0.5, 0.6) is 0 Å². The maximum atomic E-state index is 10.8. The van der Waals surface area contributed by atoms with Crippen LogP contribution in [0.25, 0.3) is 0 Å². The van der Waals surface area contributed by atoms with Crippen LogP contribution in [0.15, 0.2) is 70.5 Å². The summed E-state index contributed by atoms with van der Waals surface area (Å²) in [6, 6.07) is 21.9. The number of rotatable bonds is 6. The lowest BCUT2D eigenvalue weighted by Crippen LogP contribution is -2.38. The quantitative estimate of drug-likeness (QED) is 0.813. The van der Waals surface area contributed by atoms with E-state index >= 15 is 0 Å². The molecule has 2 atom stereocenters. The van der Waals surface area contributed by atoms with Crippen molar-refractivity contribution in [3.05, 3.63) is 60.7 Å². The lowest BCUT2D eigenvalue weighted by atomic mass is 10.00. The first kappa shape index (κ1) is 17.5. The van der Waals surface area contributed by atoms with Crippen LogP contribution in [0.2, 0.25) is 0 Å². The minimum absolute atomic E-state index is 0.263. The molecule has 130 valence electrons. The predicted octanol–water partition coefficient (Wildman–Crippen LogP) is 4.43. The topological polar surface area (TPSA) is 32.3 Å². The van der Waals surface area contributed by atoms with Gasteiger partial charge in [-0.1, -0.05) is 42.8 Å². The molecule has 0 radical (unpaired) electrons. The van der Waals surface area contributed by atoms with Crippen LogP contribution in [-0.4, -0.2) is 35.8 Å². The van der Waals surface area contributed by atoms with Crippen molar-refractivity contribution in [3.63, 3.8) is 0 Å². The Labute approximate surface area is 147 Å². The summed E-state index contributed by atoms with van der Waals surface area (Å²) in [6.07, 6.45) is 6.69. The van der Waals surface area contributed by atoms with Crippen LogP contribution in [0, 0.1) is 0 Å². The first-order valence-corrected chi connectivity index (χ1v) is 11.2. The third kappa shape index (κ3) is 4.21. The fraction of sp³-hybridized carbons (Fsp3) is 0.429. The zero-order chi connectivity index (χ0) is 16.8. The summed E-state index contributed by atoms with van der Waals surface area (Å²) in [5.74, 6) is 0.833. The molecule has 1 fully saturated rings. The van der Waals surface area contributed by atoms with Crippen molar-refractivity contribution < 1.29 is 5.11 Å². The molecule has 1 saturated heterocycles. The first-order chi connectivity index (χ1) is 11.7. The van der Waals surface area contributed by atoms with Gasteiger partial charge in [-0.3, -0.25) is 0 Å². The molecular weight excluding hydrogens is 314 g/mol. The van der Waals surface area contributed by atoms with Crippen LogP contribution in [-0.2, 0) is 0 Å². The minimum atomic E-state index is -1.22. The fourth-order valence-electron chi connectivity index (χ4n) is 3.68. The molecule has 0 saturated carbocycles. The summed E-state index contributed by atoms with van der Waals surface area (Å²) >= 11 is 0. The predicted molar refractivity (Wildman–Crippen MR) is 104 cm³/mol. The van der Waals surface area contributed by atoms with E-state index in [1.165, 1.54) is 29.1 Å². The maximum absolute atomic E-state index is 10.8. The van der Waals surface area contributed by atoms with Crippen molar-refractivity contribution in [2.45, 2.75) is 47.6 Å². The molecule has 0 amide bonds. The average Bonchev–Trinajstić information content (AvgIpc) is 2.64. The Morgan fingerprint density at radius 3 is 2.08 bits per heavy atom. The molecule has 2 N–H and O–H groups in total. The van der Waals surface area contributed by atoms with E-state index in [1.807, 2.05) is 0 Å². The molecule has 2 nitrogen and oxygen atoms in total. The summed E-state index contributed by atoms with van der Waals surface area (Å²) in [7, 11) is -1.22. The number of benzene rings is 2. The van der Waals surface area contributed by atoms with Crippen LogP contribution in [0.4, 0.5) is 0 Å². The van der Waals surface area contributed by atoms with E-state index in [9.17, 15) is 5.11 Å². The number of aliphatic hydroxyl groups excluding tert-OH is 1. The van der Waals surface area contributed by atoms with Crippen LogP contribution < -0.4 is 5.32 Å². The van der Waals surface area contributed by atoms with E-state index in [4.69, 9.17) is 0 Å². The molecule has 3 heteroatoms. The van der Waals surface area contributed by atoms with E-state index in [1.54, 1.807) is 0 Å². The van der Waals surface area contributed by atoms with Gasteiger partial charge >= 0.3 is 0 Å². The lowest BCUT2D eigenvalue weighted by Gasteiger charge is -2.39. The molecule has 0 aromatic heterocycles. The van der Waals surface area contributed by atoms with Gasteiger partial charge in [-0.05, 0) is 66.1 Å². The molecule has 0 bridgehead atoms. The number of hydrogen-bond acceptors (Lipinski definition) is 2. The second kappa shape index (κ2) is 8.19. The van der Waals surface area contributed by atoms with Gasteiger partial charge in [-0.15, -0.1) is 0 Å². The summed E-state index contributed by atoms with van der Waals surface area (Å²) in [5.41, 5.74) is 0. The number of nitrogens with one attached hydrogen (secondary N) is 1. The molecule has 0 unspecified atom stereocenters. The zero-order valence-electron chi connectivity index (χ0n) is 14.5. The standard InChI is InChI=1S/C21H29NOS/c1-24(20-11-4-2-5-12-20,21-13-6-3-7-14-21)17-19(23)16-18-10-8-9-15-22-18/h2-7,11-14,18-19,22-23H,8-10,15-17H2,1H3/t18-,19+/m0/s1. The van der Waals surface area contributed by atoms with Crippen molar-refractivity contribution in [2.75, 3.05) is 18.6 Å². The fourth-order valence-corrected chi connectivity index (χ4v) is 6.75. The largest absolute Gasteiger partial charge is 0.392 e. The van der Waals surface area contributed by atoms with Gasteiger partial charge in [0, 0.05) is 11.8 Å². The van der Waals surface area contributed by atoms with Crippen LogP contribution in [0.1, 0.15) is 25.7 Å². The second-order valence-electron chi connectivity index (χ2n) is 6.92. The normalized spacial score (nSPS) is 20.5. The van der Waals surface area contributed by atoms with Crippen molar-refractivity contribution in [3.8, 4) is 0 Å². The molecular formula is C21H29NOS. The highest BCUT2D eigenvalue weighted by atomic mass is 32.3. The van der Waals surface area contributed by atoms with E-state index in [0.29, 0.717) is 6.04 Å². The van der Waals surface area contributed by atoms with E-state index in [0.717, 1.165) is 18.7 Å². The maximum Gasteiger partial charge on any atom is 0.0637 e. The molecule has 0 spiro atoms. The zero-order valence-corrected chi connectivity index (χ0v) is 15.3. The average molecular weight is 344 g/mol. The van der Waals surface area contributed by atoms with Crippen molar-refractivity contribution in [2.24, 2.45) is 0 Å². The van der Waals surface area contributed by atoms with Gasteiger partial charge in [0.25, 0.3) is 0 Å². The molecule has 1 aliphatic heterocycles. The molecule has 2 aromatic rings. The number of piperidine rings is 1. The molecule has 1 aliphatic rings. The summed E-state index contributed by atoms with van der Waals surface area (Å²) in [6.45, 7) is 1.10. The first-order valence-electron chi connectivity index (χ1n) is 8.96. The molecule has 3 rings (SSSR count). The highest BCUT2D eigenvalue weighted by Crippen LogP contribution is 2.59. The van der Waals surface area contributed by atoms with E-state index in [2.05, 4.69) is 72.2 Å². The second-order valence-corrected chi connectivity index (χ2v) is 10.4. The number of hydrogen-bond donors (Lipinski definition) is 2. The van der Waals surface area contributed by atoms with Gasteiger partial charge in [0.2, 0.25) is 0 Å². The van der Waals surface area contributed by atoms with Crippen molar-refractivity contribution in [1.82, 2.24) is 5.32 Å². The Morgan fingerprint density at radius 2 is 1.58 bits per heavy atom. The Kier molecular flexibility index (Phi) is 5.99. The van der Waals surface area contributed by atoms with Crippen molar-refractivity contribution >= 4 is 10.0 Å². The Bertz CT molecular complexity index is 571. The molecule has 24 heavy (non-hydrogen) atoms. The smallest absolute Gasteiger partial charge is 0.0637 e. The monoisotopic (exact) mass is 343 g/mol. The third-order valence-electron chi connectivity index (χ3n) is 5.02. The van der Waals surface area contributed by atoms with Gasteiger partial charge in [0.1, 0.15) is 0 Å². The minimum Gasteiger partial charge on any atom is -0.392 e. The van der Waals surface area contributed by atoms with Crippen molar-refractivity contribution in [1.29, 1.82) is 0 Å².